The predicted molar refractivity (Wildman–Crippen MR) is 37.9 cm³/mol. The number of hydrogen-bond donors (Lipinski definition) is 1. The summed E-state index contributed by atoms with van der Waals surface area (Å²) in [5.41, 5.74) is -0.667. The van der Waals surface area contributed by atoms with Crippen molar-refractivity contribution in [2.45, 2.75) is 23.2 Å². The largest absolute Gasteiger partial charge is 0.388 e. The average molecular weight is 232 g/mol. The lowest BCUT2D eigenvalue weighted by Gasteiger charge is -2.17. The van der Waals surface area contributed by atoms with Gasteiger partial charge in [-0.3, -0.25) is 0 Å². The highest BCUT2D eigenvalue weighted by molar-refractivity contribution is 9.24. The molecule has 0 aliphatic rings. The molecule has 0 fully saturated rings. The Morgan fingerprint density at radius 2 is 1.57 bits per heavy atom. The molecule has 0 aromatic rings. The van der Waals surface area contributed by atoms with Crippen LogP contribution in [0.25, 0.3) is 0 Å². The molecular weight excluding hydrogens is 224 g/mol. The van der Waals surface area contributed by atoms with Crippen LogP contribution in [0.2, 0.25) is 0 Å². The van der Waals surface area contributed by atoms with Crippen molar-refractivity contribution < 1.29 is 5.11 Å². The third-order valence-corrected chi connectivity index (χ3v) is 2.77. The molecule has 0 heterocycles. The van der Waals surface area contributed by atoms with Gasteiger partial charge in [0.25, 0.3) is 0 Å². The van der Waals surface area contributed by atoms with Gasteiger partial charge in [0.1, 0.15) is 0 Å². The van der Waals surface area contributed by atoms with Crippen LogP contribution in [0.5, 0.6) is 0 Å². The molecule has 0 aliphatic heterocycles. The summed E-state index contributed by atoms with van der Waals surface area (Å²) in [6.45, 7) is 3.45. The van der Waals surface area contributed by atoms with Gasteiger partial charge in [0.05, 0.1) is 9.34 Å². The van der Waals surface area contributed by atoms with Gasteiger partial charge in [-0.15, -0.1) is 0 Å². The molecule has 0 saturated heterocycles. The maximum absolute atomic E-state index is 9.00. The second-order valence-corrected chi connectivity index (χ2v) is 5.01. The van der Waals surface area contributed by atoms with Crippen LogP contribution >= 0.6 is 31.9 Å². The van der Waals surface area contributed by atoms with E-state index >= 15 is 0 Å². The van der Waals surface area contributed by atoms with Gasteiger partial charge in [0.15, 0.2) is 0 Å². The van der Waals surface area contributed by atoms with E-state index in [1.807, 2.05) is 0 Å². The zero-order chi connectivity index (χ0) is 6.08. The Morgan fingerprint density at radius 3 is 1.57 bits per heavy atom. The van der Waals surface area contributed by atoms with Crippen molar-refractivity contribution in [1.29, 1.82) is 0 Å². The molecule has 44 valence electrons. The van der Waals surface area contributed by atoms with Crippen LogP contribution in [0, 0.1) is 0 Å². The van der Waals surface area contributed by atoms with Gasteiger partial charge < -0.3 is 5.11 Å². The number of aliphatic hydroxyl groups is 1. The van der Waals surface area contributed by atoms with Gasteiger partial charge in [0, 0.05) is 0 Å². The summed E-state index contributed by atoms with van der Waals surface area (Å²) in [5.74, 6) is 0. The highest BCUT2D eigenvalue weighted by atomic mass is 79.9. The molecule has 0 spiro atoms. The fourth-order valence-electron chi connectivity index (χ4n) is 0. The van der Waals surface area contributed by atoms with Crippen molar-refractivity contribution in [2.75, 3.05) is 0 Å². The summed E-state index contributed by atoms with van der Waals surface area (Å²) < 4.78 is -0.0208. The molecule has 0 rings (SSSR count). The van der Waals surface area contributed by atoms with Gasteiger partial charge >= 0.3 is 0 Å². The molecule has 1 nitrogen and oxygen atoms in total. The minimum Gasteiger partial charge on any atom is -0.388 e. The zero-order valence-electron chi connectivity index (χ0n) is 4.28. The maximum Gasteiger partial charge on any atom is 0.0978 e. The fourth-order valence-corrected chi connectivity index (χ4v) is 0. The smallest absolute Gasteiger partial charge is 0.0978 e. The van der Waals surface area contributed by atoms with E-state index in [1.165, 1.54) is 0 Å². The molecular formula is C4H8Br2O. The SMILES string of the molecule is CC(C)(O)C(Br)Br. The van der Waals surface area contributed by atoms with Gasteiger partial charge in [-0.25, -0.2) is 0 Å². The molecule has 0 radical (unpaired) electrons. The van der Waals surface area contributed by atoms with Crippen molar-refractivity contribution in [3.8, 4) is 0 Å². The molecule has 0 amide bonds. The van der Waals surface area contributed by atoms with Crippen LogP contribution in [0.3, 0.4) is 0 Å². The maximum atomic E-state index is 9.00. The van der Waals surface area contributed by atoms with Crippen molar-refractivity contribution >= 4 is 31.9 Å². The minimum atomic E-state index is -0.667. The van der Waals surface area contributed by atoms with Crippen molar-refractivity contribution in [3.05, 3.63) is 0 Å². The second kappa shape index (κ2) is 2.46. The summed E-state index contributed by atoms with van der Waals surface area (Å²) >= 11 is 6.32. The topological polar surface area (TPSA) is 20.2 Å². The third-order valence-electron chi connectivity index (χ3n) is 0.534. The average Bonchev–Trinajstić information content (AvgIpc) is 1.31. The van der Waals surface area contributed by atoms with Crippen molar-refractivity contribution in [2.24, 2.45) is 0 Å². The number of rotatable bonds is 1. The first-order valence-corrected chi connectivity index (χ1v) is 3.78. The van der Waals surface area contributed by atoms with E-state index in [4.69, 9.17) is 5.11 Å². The van der Waals surface area contributed by atoms with E-state index in [0.717, 1.165) is 0 Å². The fraction of sp³-hybridized carbons (Fsp3) is 1.00. The summed E-state index contributed by atoms with van der Waals surface area (Å²) in [7, 11) is 0. The lowest BCUT2D eigenvalue weighted by Crippen LogP contribution is -2.26. The standard InChI is InChI=1S/C4H8Br2O/c1-4(2,7)3(5)6/h3,7H,1-2H3. The monoisotopic (exact) mass is 230 g/mol. The molecule has 0 unspecified atom stereocenters. The Kier molecular flexibility index (Phi) is 2.79. The number of halogens is 2. The van der Waals surface area contributed by atoms with Crippen LogP contribution < -0.4 is 0 Å². The predicted octanol–water partition coefficient (Wildman–Crippen LogP) is 1.87. The lowest BCUT2D eigenvalue weighted by atomic mass is 10.2. The van der Waals surface area contributed by atoms with Crippen LogP contribution in [-0.4, -0.2) is 14.4 Å². The van der Waals surface area contributed by atoms with Crippen molar-refractivity contribution in [3.63, 3.8) is 0 Å². The van der Waals surface area contributed by atoms with E-state index in [9.17, 15) is 0 Å². The summed E-state index contributed by atoms with van der Waals surface area (Å²) in [4.78, 5) is 0. The molecule has 3 heteroatoms. The Hall–Kier alpha value is 0.920. The van der Waals surface area contributed by atoms with Gasteiger partial charge in [-0.1, -0.05) is 31.9 Å². The Balaban J connectivity index is 3.54. The zero-order valence-corrected chi connectivity index (χ0v) is 7.45. The molecule has 0 aromatic carbocycles. The van der Waals surface area contributed by atoms with Crippen LogP contribution in [-0.2, 0) is 0 Å². The van der Waals surface area contributed by atoms with Crippen LogP contribution in [0.4, 0.5) is 0 Å². The lowest BCUT2D eigenvalue weighted by molar-refractivity contribution is 0.102. The molecule has 0 atom stereocenters. The molecule has 0 bridgehead atoms. The normalized spacial score (nSPS) is 12.9. The highest BCUT2D eigenvalue weighted by Crippen LogP contribution is 2.21. The van der Waals surface area contributed by atoms with E-state index in [-0.39, 0.29) is 3.74 Å². The highest BCUT2D eigenvalue weighted by Gasteiger charge is 2.20. The minimum absolute atomic E-state index is 0.0208. The van der Waals surface area contributed by atoms with Crippen LogP contribution in [0.1, 0.15) is 13.8 Å². The number of alkyl halides is 2. The first kappa shape index (κ1) is 7.92. The van der Waals surface area contributed by atoms with E-state index in [2.05, 4.69) is 31.9 Å². The molecule has 1 N–H and O–H groups in total. The van der Waals surface area contributed by atoms with Gasteiger partial charge in [-0.2, -0.15) is 0 Å². The Bertz CT molecular complexity index is 55.2. The van der Waals surface area contributed by atoms with Crippen LogP contribution in [0.15, 0.2) is 0 Å². The molecule has 0 saturated carbocycles. The Labute approximate surface area is 60.4 Å². The first-order valence-electron chi connectivity index (χ1n) is 1.95. The quantitative estimate of drug-likeness (QED) is 0.684. The van der Waals surface area contributed by atoms with E-state index < -0.39 is 5.60 Å². The van der Waals surface area contributed by atoms with Gasteiger partial charge in [0.2, 0.25) is 0 Å². The molecule has 7 heavy (non-hydrogen) atoms. The van der Waals surface area contributed by atoms with E-state index in [0.29, 0.717) is 0 Å². The van der Waals surface area contributed by atoms with Gasteiger partial charge in [-0.05, 0) is 13.8 Å². The molecule has 0 aliphatic carbocycles. The third kappa shape index (κ3) is 3.50. The van der Waals surface area contributed by atoms with Crippen molar-refractivity contribution in [1.82, 2.24) is 0 Å². The summed E-state index contributed by atoms with van der Waals surface area (Å²) in [6, 6.07) is 0. The van der Waals surface area contributed by atoms with E-state index in [1.54, 1.807) is 13.8 Å². The Morgan fingerprint density at radius 1 is 1.43 bits per heavy atom. The molecule has 0 aromatic heterocycles. The first-order chi connectivity index (χ1) is 2.94. The number of hydrogen-bond acceptors (Lipinski definition) is 1. The second-order valence-electron chi connectivity index (χ2n) is 1.95. The summed E-state index contributed by atoms with van der Waals surface area (Å²) in [6.07, 6.45) is 0. The summed E-state index contributed by atoms with van der Waals surface area (Å²) in [5, 5.41) is 9.00.